The molecular weight excluding hydrogens is 242 g/mol. The SMILES string of the molecule is Nc1ccccc1C(O)COc1ccccc1CO. The molecule has 1 atom stereocenters. The van der Waals surface area contributed by atoms with Crippen molar-refractivity contribution in [2.75, 3.05) is 12.3 Å². The van der Waals surface area contributed by atoms with Crippen LogP contribution in [-0.2, 0) is 6.61 Å². The molecule has 0 spiro atoms. The Bertz CT molecular complexity index is 542. The Balaban J connectivity index is 2.04. The first-order chi connectivity index (χ1) is 9.22. The lowest BCUT2D eigenvalue weighted by Crippen LogP contribution is -2.12. The van der Waals surface area contributed by atoms with E-state index in [9.17, 15) is 10.2 Å². The van der Waals surface area contributed by atoms with Crippen LogP contribution in [0, 0.1) is 0 Å². The standard InChI is InChI=1S/C15H17NO3/c16-13-7-3-2-6-12(13)14(18)10-19-15-8-4-1-5-11(15)9-17/h1-8,14,17-18H,9-10,16H2. The van der Waals surface area contributed by atoms with Gasteiger partial charge in [0.25, 0.3) is 0 Å². The van der Waals surface area contributed by atoms with Gasteiger partial charge in [-0.1, -0.05) is 36.4 Å². The number of aliphatic hydroxyl groups is 2. The van der Waals surface area contributed by atoms with E-state index < -0.39 is 6.10 Å². The molecule has 2 rings (SSSR count). The number of nitrogens with two attached hydrogens (primary N) is 1. The molecule has 0 heterocycles. The fourth-order valence-corrected chi connectivity index (χ4v) is 1.85. The van der Waals surface area contributed by atoms with Crippen molar-refractivity contribution >= 4 is 5.69 Å². The van der Waals surface area contributed by atoms with Crippen molar-refractivity contribution in [2.45, 2.75) is 12.7 Å². The summed E-state index contributed by atoms with van der Waals surface area (Å²) < 4.78 is 5.53. The van der Waals surface area contributed by atoms with E-state index >= 15 is 0 Å². The zero-order chi connectivity index (χ0) is 13.7. The third-order valence-electron chi connectivity index (χ3n) is 2.89. The second-order valence-corrected chi connectivity index (χ2v) is 4.22. The van der Waals surface area contributed by atoms with Crippen LogP contribution in [-0.4, -0.2) is 16.8 Å². The molecule has 0 aliphatic carbocycles. The van der Waals surface area contributed by atoms with E-state index in [4.69, 9.17) is 10.5 Å². The number of ether oxygens (including phenoxy) is 1. The molecule has 2 aromatic rings. The van der Waals surface area contributed by atoms with Crippen molar-refractivity contribution in [2.24, 2.45) is 0 Å². The molecule has 0 aliphatic heterocycles. The summed E-state index contributed by atoms with van der Waals surface area (Å²) in [6.45, 7) is -0.00896. The average Bonchev–Trinajstić information content (AvgIpc) is 2.45. The smallest absolute Gasteiger partial charge is 0.124 e. The molecule has 4 nitrogen and oxygen atoms in total. The Morgan fingerprint density at radius 2 is 1.74 bits per heavy atom. The molecule has 0 bridgehead atoms. The Morgan fingerprint density at radius 1 is 1.05 bits per heavy atom. The molecule has 19 heavy (non-hydrogen) atoms. The van der Waals surface area contributed by atoms with E-state index in [2.05, 4.69) is 0 Å². The first-order valence-electron chi connectivity index (χ1n) is 6.06. The molecule has 0 aromatic heterocycles. The highest BCUT2D eigenvalue weighted by Crippen LogP contribution is 2.23. The second-order valence-electron chi connectivity index (χ2n) is 4.22. The summed E-state index contributed by atoms with van der Waals surface area (Å²) in [6, 6.07) is 14.3. The van der Waals surface area contributed by atoms with Gasteiger partial charge in [-0.15, -0.1) is 0 Å². The quantitative estimate of drug-likeness (QED) is 0.716. The van der Waals surface area contributed by atoms with Gasteiger partial charge >= 0.3 is 0 Å². The van der Waals surface area contributed by atoms with Crippen molar-refractivity contribution < 1.29 is 14.9 Å². The highest BCUT2D eigenvalue weighted by molar-refractivity contribution is 5.47. The number of nitrogen functional groups attached to an aromatic ring is 1. The van der Waals surface area contributed by atoms with Crippen LogP contribution in [0.5, 0.6) is 5.75 Å². The van der Waals surface area contributed by atoms with Crippen LogP contribution in [0.15, 0.2) is 48.5 Å². The third kappa shape index (κ3) is 3.24. The van der Waals surface area contributed by atoms with E-state index in [1.807, 2.05) is 24.3 Å². The largest absolute Gasteiger partial charge is 0.490 e. The predicted molar refractivity (Wildman–Crippen MR) is 73.7 cm³/mol. The van der Waals surface area contributed by atoms with E-state index in [0.29, 0.717) is 22.6 Å². The van der Waals surface area contributed by atoms with Crippen LogP contribution in [0.1, 0.15) is 17.2 Å². The third-order valence-corrected chi connectivity index (χ3v) is 2.89. The monoisotopic (exact) mass is 259 g/mol. The summed E-state index contributed by atoms with van der Waals surface area (Å²) in [5, 5.41) is 19.2. The molecule has 100 valence electrons. The van der Waals surface area contributed by atoms with Crippen LogP contribution >= 0.6 is 0 Å². The summed E-state index contributed by atoms with van der Waals surface area (Å²) in [5.41, 5.74) is 7.66. The van der Waals surface area contributed by atoms with Gasteiger partial charge in [-0.05, 0) is 12.1 Å². The Morgan fingerprint density at radius 3 is 2.47 bits per heavy atom. The normalized spacial score (nSPS) is 12.1. The maximum absolute atomic E-state index is 10.1. The molecule has 0 fully saturated rings. The summed E-state index contributed by atoms with van der Waals surface area (Å²) >= 11 is 0. The molecule has 0 aliphatic rings. The van der Waals surface area contributed by atoms with E-state index in [0.717, 1.165) is 0 Å². The first kappa shape index (κ1) is 13.4. The average molecular weight is 259 g/mol. The summed E-state index contributed by atoms with van der Waals surface area (Å²) in [5.74, 6) is 0.568. The zero-order valence-electron chi connectivity index (χ0n) is 10.5. The van der Waals surface area contributed by atoms with Gasteiger partial charge in [0.2, 0.25) is 0 Å². The van der Waals surface area contributed by atoms with Gasteiger partial charge in [-0.25, -0.2) is 0 Å². The van der Waals surface area contributed by atoms with E-state index in [1.54, 1.807) is 24.3 Å². The van der Waals surface area contributed by atoms with E-state index in [-0.39, 0.29) is 13.2 Å². The number of hydrogen-bond donors (Lipinski definition) is 3. The molecule has 0 radical (unpaired) electrons. The molecule has 1 unspecified atom stereocenters. The Hall–Kier alpha value is -2.04. The molecule has 2 aromatic carbocycles. The summed E-state index contributed by atoms with van der Waals surface area (Å²) in [6.07, 6.45) is -0.798. The van der Waals surface area contributed by atoms with Gasteiger partial charge in [0.1, 0.15) is 18.5 Å². The van der Waals surface area contributed by atoms with Crippen molar-refractivity contribution in [1.29, 1.82) is 0 Å². The summed E-state index contributed by atoms with van der Waals surface area (Å²) in [7, 11) is 0. The van der Waals surface area contributed by atoms with Gasteiger partial charge in [0.15, 0.2) is 0 Å². The second kappa shape index (κ2) is 6.22. The minimum atomic E-state index is -0.798. The van der Waals surface area contributed by atoms with Crippen molar-refractivity contribution in [3.8, 4) is 5.75 Å². The lowest BCUT2D eigenvalue weighted by molar-refractivity contribution is 0.107. The van der Waals surface area contributed by atoms with E-state index in [1.165, 1.54) is 0 Å². The Labute approximate surface area is 112 Å². The molecular formula is C15H17NO3. The van der Waals surface area contributed by atoms with Crippen LogP contribution < -0.4 is 10.5 Å². The molecule has 0 saturated heterocycles. The number of hydrogen-bond acceptors (Lipinski definition) is 4. The minimum Gasteiger partial charge on any atom is -0.490 e. The van der Waals surface area contributed by atoms with Crippen molar-refractivity contribution in [1.82, 2.24) is 0 Å². The number of anilines is 1. The number of rotatable bonds is 5. The molecule has 0 saturated carbocycles. The van der Waals surface area contributed by atoms with Crippen LogP contribution in [0.4, 0.5) is 5.69 Å². The van der Waals surface area contributed by atoms with Crippen molar-refractivity contribution in [3.05, 3.63) is 59.7 Å². The number of benzene rings is 2. The lowest BCUT2D eigenvalue weighted by Gasteiger charge is -2.15. The maximum atomic E-state index is 10.1. The van der Waals surface area contributed by atoms with Crippen LogP contribution in [0.2, 0.25) is 0 Å². The molecule has 4 N–H and O–H groups in total. The number of aliphatic hydroxyl groups excluding tert-OH is 2. The fourth-order valence-electron chi connectivity index (χ4n) is 1.85. The van der Waals surface area contributed by atoms with Gasteiger partial charge in [-0.2, -0.15) is 0 Å². The fraction of sp³-hybridized carbons (Fsp3) is 0.200. The lowest BCUT2D eigenvalue weighted by atomic mass is 10.1. The molecule has 4 heteroatoms. The van der Waals surface area contributed by atoms with Crippen LogP contribution in [0.25, 0.3) is 0 Å². The van der Waals surface area contributed by atoms with Gasteiger partial charge in [0, 0.05) is 16.8 Å². The van der Waals surface area contributed by atoms with Gasteiger partial charge in [0.05, 0.1) is 6.61 Å². The molecule has 0 amide bonds. The van der Waals surface area contributed by atoms with Crippen molar-refractivity contribution in [3.63, 3.8) is 0 Å². The summed E-state index contributed by atoms with van der Waals surface area (Å²) in [4.78, 5) is 0. The predicted octanol–water partition coefficient (Wildman–Crippen LogP) is 1.87. The highest BCUT2D eigenvalue weighted by Gasteiger charge is 2.12. The van der Waals surface area contributed by atoms with Gasteiger partial charge < -0.3 is 20.7 Å². The zero-order valence-corrected chi connectivity index (χ0v) is 10.5. The first-order valence-corrected chi connectivity index (χ1v) is 6.06. The Kier molecular flexibility index (Phi) is 4.39. The topological polar surface area (TPSA) is 75.7 Å². The number of para-hydroxylation sites is 2. The maximum Gasteiger partial charge on any atom is 0.124 e. The van der Waals surface area contributed by atoms with Gasteiger partial charge in [-0.3, -0.25) is 0 Å². The minimum absolute atomic E-state index is 0.0885. The highest BCUT2D eigenvalue weighted by atomic mass is 16.5. The van der Waals surface area contributed by atoms with Crippen LogP contribution in [0.3, 0.4) is 0 Å².